The van der Waals surface area contributed by atoms with E-state index in [2.05, 4.69) is 69.1 Å². The summed E-state index contributed by atoms with van der Waals surface area (Å²) in [6.07, 6.45) is 1.26. The van der Waals surface area contributed by atoms with E-state index >= 15 is 0 Å². The van der Waals surface area contributed by atoms with E-state index in [9.17, 15) is 0 Å². The highest BCUT2D eigenvalue weighted by Gasteiger charge is 2.27. The van der Waals surface area contributed by atoms with Crippen LogP contribution in [0, 0.1) is 12.3 Å². The minimum absolute atomic E-state index is 0.355. The van der Waals surface area contributed by atoms with Gasteiger partial charge in [-0.3, -0.25) is 0 Å². The molecular formula is C19H32N2. The van der Waals surface area contributed by atoms with Crippen molar-refractivity contribution in [2.75, 3.05) is 26.2 Å². The molecule has 21 heavy (non-hydrogen) atoms. The predicted molar refractivity (Wildman–Crippen MR) is 91.9 cm³/mol. The first-order chi connectivity index (χ1) is 9.87. The van der Waals surface area contributed by atoms with Gasteiger partial charge in [0.15, 0.2) is 0 Å². The van der Waals surface area contributed by atoms with Gasteiger partial charge in [-0.25, -0.2) is 0 Å². The highest BCUT2D eigenvalue weighted by molar-refractivity contribution is 5.25. The summed E-state index contributed by atoms with van der Waals surface area (Å²) in [7, 11) is 0. The van der Waals surface area contributed by atoms with E-state index < -0.39 is 0 Å². The van der Waals surface area contributed by atoms with Crippen LogP contribution in [-0.4, -0.2) is 37.1 Å². The first kappa shape index (κ1) is 16.5. The summed E-state index contributed by atoms with van der Waals surface area (Å²) in [5, 5.41) is 3.80. The van der Waals surface area contributed by atoms with Crippen molar-refractivity contribution in [3.05, 3.63) is 35.4 Å². The molecule has 0 aromatic heterocycles. The first-order valence-electron chi connectivity index (χ1n) is 8.39. The van der Waals surface area contributed by atoms with Gasteiger partial charge < -0.3 is 10.2 Å². The van der Waals surface area contributed by atoms with Gasteiger partial charge in [-0.05, 0) is 36.8 Å². The SMILES string of the molecule is CCN1CC(NCC(C)(C)C)CC(c2ccc(C)cc2)C1. The summed E-state index contributed by atoms with van der Waals surface area (Å²) < 4.78 is 0. The number of nitrogens with zero attached hydrogens (tertiary/aromatic N) is 1. The third-order valence-corrected chi connectivity index (χ3v) is 4.44. The monoisotopic (exact) mass is 288 g/mol. The lowest BCUT2D eigenvalue weighted by atomic mass is 9.87. The average molecular weight is 288 g/mol. The molecule has 1 fully saturated rings. The second-order valence-corrected chi connectivity index (χ2v) is 7.83. The normalized spacial score (nSPS) is 24.2. The largest absolute Gasteiger partial charge is 0.312 e. The minimum atomic E-state index is 0.355. The number of hydrogen-bond acceptors (Lipinski definition) is 2. The number of aryl methyl sites for hydroxylation is 1. The lowest BCUT2D eigenvalue weighted by molar-refractivity contribution is 0.171. The van der Waals surface area contributed by atoms with E-state index in [0.717, 1.165) is 13.1 Å². The number of piperidine rings is 1. The van der Waals surface area contributed by atoms with E-state index in [0.29, 0.717) is 17.4 Å². The van der Waals surface area contributed by atoms with Crippen LogP contribution in [0.3, 0.4) is 0 Å². The zero-order valence-electron chi connectivity index (χ0n) is 14.4. The van der Waals surface area contributed by atoms with E-state index in [1.807, 2.05) is 0 Å². The van der Waals surface area contributed by atoms with Crippen LogP contribution in [-0.2, 0) is 0 Å². The van der Waals surface area contributed by atoms with Gasteiger partial charge in [0.1, 0.15) is 0 Å². The first-order valence-corrected chi connectivity index (χ1v) is 8.39. The van der Waals surface area contributed by atoms with Crippen molar-refractivity contribution in [2.45, 2.75) is 53.0 Å². The number of rotatable bonds is 4. The van der Waals surface area contributed by atoms with E-state index in [-0.39, 0.29) is 0 Å². The molecule has 2 heteroatoms. The molecule has 0 aliphatic carbocycles. The molecular weight excluding hydrogens is 256 g/mol. The summed E-state index contributed by atoms with van der Waals surface area (Å²) in [6.45, 7) is 16.0. The molecule has 1 aliphatic heterocycles. The Bertz CT molecular complexity index is 430. The summed E-state index contributed by atoms with van der Waals surface area (Å²) in [4.78, 5) is 2.59. The molecule has 1 N–H and O–H groups in total. The Morgan fingerprint density at radius 1 is 1.14 bits per heavy atom. The average Bonchev–Trinajstić information content (AvgIpc) is 2.45. The fourth-order valence-corrected chi connectivity index (χ4v) is 3.13. The second kappa shape index (κ2) is 6.93. The zero-order chi connectivity index (χ0) is 15.5. The van der Waals surface area contributed by atoms with Crippen LogP contribution in [0.15, 0.2) is 24.3 Å². The number of likely N-dealkylation sites (N-methyl/N-ethyl adjacent to an activating group) is 1. The van der Waals surface area contributed by atoms with Gasteiger partial charge in [0.2, 0.25) is 0 Å². The van der Waals surface area contributed by atoms with Crippen molar-refractivity contribution >= 4 is 0 Å². The smallest absolute Gasteiger partial charge is 0.0201 e. The molecule has 1 aromatic rings. The third kappa shape index (κ3) is 5.12. The van der Waals surface area contributed by atoms with Gasteiger partial charge >= 0.3 is 0 Å². The highest BCUT2D eigenvalue weighted by Crippen LogP contribution is 2.27. The molecule has 118 valence electrons. The van der Waals surface area contributed by atoms with Crippen LogP contribution in [0.1, 0.15) is 51.2 Å². The predicted octanol–water partition coefficient (Wildman–Crippen LogP) is 3.81. The fraction of sp³-hybridized carbons (Fsp3) is 0.684. The van der Waals surface area contributed by atoms with Crippen LogP contribution in [0.25, 0.3) is 0 Å². The van der Waals surface area contributed by atoms with Crippen molar-refractivity contribution < 1.29 is 0 Å². The molecule has 1 saturated heterocycles. The Hall–Kier alpha value is -0.860. The van der Waals surface area contributed by atoms with Crippen molar-refractivity contribution in [2.24, 2.45) is 5.41 Å². The quantitative estimate of drug-likeness (QED) is 0.906. The summed E-state index contributed by atoms with van der Waals surface area (Å²) in [5.74, 6) is 0.664. The van der Waals surface area contributed by atoms with Gasteiger partial charge in [-0.15, -0.1) is 0 Å². The van der Waals surface area contributed by atoms with Crippen molar-refractivity contribution in [3.63, 3.8) is 0 Å². The molecule has 2 rings (SSSR count). The third-order valence-electron chi connectivity index (χ3n) is 4.44. The maximum atomic E-state index is 3.80. The standard InChI is InChI=1S/C19H32N2/c1-6-21-12-17(16-9-7-15(2)8-10-16)11-18(13-21)20-14-19(3,4)5/h7-10,17-18,20H,6,11-14H2,1-5H3. The Morgan fingerprint density at radius 3 is 2.38 bits per heavy atom. The molecule has 0 bridgehead atoms. The number of likely N-dealkylation sites (tertiary alicyclic amines) is 1. The minimum Gasteiger partial charge on any atom is -0.312 e. The van der Waals surface area contributed by atoms with Gasteiger partial charge in [-0.1, -0.05) is 57.5 Å². The highest BCUT2D eigenvalue weighted by atomic mass is 15.2. The van der Waals surface area contributed by atoms with Gasteiger partial charge in [-0.2, -0.15) is 0 Å². The Labute approximate surface area is 130 Å². The van der Waals surface area contributed by atoms with Gasteiger partial charge in [0.05, 0.1) is 0 Å². The lowest BCUT2D eigenvalue weighted by Gasteiger charge is -2.39. The topological polar surface area (TPSA) is 15.3 Å². The van der Waals surface area contributed by atoms with Gasteiger partial charge in [0.25, 0.3) is 0 Å². The molecule has 0 spiro atoms. The summed E-state index contributed by atoms with van der Waals surface area (Å²) in [6, 6.07) is 9.75. The van der Waals surface area contributed by atoms with Crippen LogP contribution >= 0.6 is 0 Å². The van der Waals surface area contributed by atoms with Crippen LogP contribution in [0.2, 0.25) is 0 Å². The van der Waals surface area contributed by atoms with Crippen LogP contribution < -0.4 is 5.32 Å². The zero-order valence-corrected chi connectivity index (χ0v) is 14.4. The molecule has 2 nitrogen and oxygen atoms in total. The number of benzene rings is 1. The maximum Gasteiger partial charge on any atom is 0.0201 e. The van der Waals surface area contributed by atoms with E-state index in [1.165, 1.54) is 30.6 Å². The number of hydrogen-bond donors (Lipinski definition) is 1. The summed E-state index contributed by atoms with van der Waals surface area (Å²) >= 11 is 0. The maximum absolute atomic E-state index is 3.80. The van der Waals surface area contributed by atoms with Gasteiger partial charge in [0, 0.05) is 25.7 Å². The molecule has 0 saturated carbocycles. The Balaban J connectivity index is 2.02. The van der Waals surface area contributed by atoms with Crippen molar-refractivity contribution in [1.29, 1.82) is 0 Å². The summed E-state index contributed by atoms with van der Waals surface area (Å²) in [5.41, 5.74) is 3.21. The molecule has 2 unspecified atom stereocenters. The van der Waals surface area contributed by atoms with Crippen LogP contribution in [0.5, 0.6) is 0 Å². The molecule has 1 aromatic carbocycles. The molecule has 0 radical (unpaired) electrons. The van der Waals surface area contributed by atoms with Crippen LogP contribution in [0.4, 0.5) is 0 Å². The van der Waals surface area contributed by atoms with E-state index in [4.69, 9.17) is 0 Å². The second-order valence-electron chi connectivity index (χ2n) is 7.83. The van der Waals surface area contributed by atoms with Crippen molar-refractivity contribution in [1.82, 2.24) is 10.2 Å². The Morgan fingerprint density at radius 2 is 1.81 bits per heavy atom. The van der Waals surface area contributed by atoms with Crippen molar-refractivity contribution in [3.8, 4) is 0 Å². The Kier molecular flexibility index (Phi) is 5.45. The number of nitrogens with one attached hydrogen (secondary N) is 1. The molecule has 2 atom stereocenters. The lowest BCUT2D eigenvalue weighted by Crippen LogP contribution is -2.50. The molecule has 1 aliphatic rings. The fourth-order valence-electron chi connectivity index (χ4n) is 3.13. The van der Waals surface area contributed by atoms with E-state index in [1.54, 1.807) is 0 Å². The molecule has 1 heterocycles. The molecule has 0 amide bonds.